The van der Waals surface area contributed by atoms with Crippen molar-refractivity contribution < 1.29 is 27.8 Å². The molecule has 2 aromatic rings. The van der Waals surface area contributed by atoms with Gasteiger partial charge in [-0.15, -0.1) is 0 Å². The lowest BCUT2D eigenvalue weighted by Crippen LogP contribution is -2.45. The number of hydrogen-bond acceptors (Lipinski definition) is 3. The minimum absolute atomic E-state index is 0.0557. The number of benzene rings is 2. The number of urea groups is 1. The number of nitrogens with one attached hydrogen (secondary N) is 2. The van der Waals surface area contributed by atoms with Crippen LogP contribution in [-0.2, 0) is 11.8 Å². The minimum atomic E-state index is -4.43. The Morgan fingerprint density at radius 1 is 1.15 bits per heavy atom. The Labute approximate surface area is 147 Å². The molecule has 1 aliphatic rings. The Morgan fingerprint density at radius 2 is 1.85 bits per heavy atom. The second-order valence-electron chi connectivity index (χ2n) is 6.01. The molecule has 1 unspecified atom stereocenters. The van der Waals surface area contributed by atoms with E-state index < -0.39 is 23.4 Å². The van der Waals surface area contributed by atoms with Crippen molar-refractivity contribution in [2.24, 2.45) is 0 Å². The van der Waals surface area contributed by atoms with E-state index in [2.05, 4.69) is 10.6 Å². The van der Waals surface area contributed by atoms with Crippen molar-refractivity contribution in [1.29, 1.82) is 0 Å². The van der Waals surface area contributed by atoms with Crippen LogP contribution >= 0.6 is 0 Å². The Morgan fingerprint density at radius 3 is 2.54 bits per heavy atom. The van der Waals surface area contributed by atoms with E-state index >= 15 is 0 Å². The molecule has 1 atom stereocenters. The van der Waals surface area contributed by atoms with Gasteiger partial charge in [-0.05, 0) is 30.3 Å². The Hall–Kier alpha value is -2.74. The first-order valence-electron chi connectivity index (χ1n) is 7.95. The highest BCUT2D eigenvalue weighted by atomic mass is 19.4. The minimum Gasteiger partial charge on any atom is -0.493 e. The Balaban J connectivity index is 1.61. The summed E-state index contributed by atoms with van der Waals surface area (Å²) in [5.74, 6) is 0.561. The van der Waals surface area contributed by atoms with Crippen LogP contribution in [0.1, 0.15) is 17.5 Å². The standard InChI is InChI=1S/C18H17F3N2O3/c19-18(20,21)12-5-7-13(8-6-12)23-16(24)22-11-17(25)9-10-26-15-4-2-1-3-14(15)17/h1-8,25H,9-11H2,(H2,22,23,24). The van der Waals surface area contributed by atoms with Crippen molar-refractivity contribution >= 4 is 11.7 Å². The number of para-hydroxylation sites is 1. The van der Waals surface area contributed by atoms with Crippen LogP contribution in [0.15, 0.2) is 48.5 Å². The maximum atomic E-state index is 12.5. The van der Waals surface area contributed by atoms with Gasteiger partial charge in [-0.2, -0.15) is 13.2 Å². The van der Waals surface area contributed by atoms with Crippen LogP contribution in [0.2, 0.25) is 0 Å². The fourth-order valence-corrected chi connectivity index (χ4v) is 2.77. The van der Waals surface area contributed by atoms with Gasteiger partial charge < -0.3 is 20.5 Å². The summed E-state index contributed by atoms with van der Waals surface area (Å²) in [7, 11) is 0. The van der Waals surface area contributed by atoms with Gasteiger partial charge in [0.1, 0.15) is 11.4 Å². The summed E-state index contributed by atoms with van der Waals surface area (Å²) in [5, 5.41) is 15.8. The molecule has 2 amide bonds. The van der Waals surface area contributed by atoms with Crippen molar-refractivity contribution in [3.63, 3.8) is 0 Å². The number of carbonyl (C=O) groups excluding carboxylic acids is 1. The summed E-state index contributed by atoms with van der Waals surface area (Å²) in [6.45, 7) is 0.259. The zero-order valence-corrected chi connectivity index (χ0v) is 13.6. The van der Waals surface area contributed by atoms with Gasteiger partial charge in [-0.25, -0.2) is 4.79 Å². The number of amides is 2. The molecule has 0 saturated heterocycles. The molecule has 26 heavy (non-hydrogen) atoms. The fraction of sp³-hybridized carbons (Fsp3) is 0.278. The van der Waals surface area contributed by atoms with Crippen LogP contribution in [0.5, 0.6) is 5.75 Å². The van der Waals surface area contributed by atoms with Crippen LogP contribution in [0.3, 0.4) is 0 Å². The molecule has 3 rings (SSSR count). The number of hydrogen-bond donors (Lipinski definition) is 3. The maximum absolute atomic E-state index is 12.5. The zero-order valence-electron chi connectivity index (χ0n) is 13.6. The normalized spacial score (nSPS) is 19.2. The Bertz CT molecular complexity index is 793. The fourth-order valence-electron chi connectivity index (χ4n) is 2.77. The van der Waals surface area contributed by atoms with E-state index in [1.54, 1.807) is 24.3 Å². The lowest BCUT2D eigenvalue weighted by molar-refractivity contribution is -0.137. The van der Waals surface area contributed by atoms with Crippen molar-refractivity contribution in [2.75, 3.05) is 18.5 Å². The molecule has 1 heterocycles. The summed E-state index contributed by atoms with van der Waals surface area (Å²) >= 11 is 0. The largest absolute Gasteiger partial charge is 0.493 e. The van der Waals surface area contributed by atoms with Crippen molar-refractivity contribution in [3.8, 4) is 5.75 Å². The van der Waals surface area contributed by atoms with Gasteiger partial charge in [-0.1, -0.05) is 18.2 Å². The highest BCUT2D eigenvalue weighted by Crippen LogP contribution is 2.36. The van der Waals surface area contributed by atoms with E-state index in [1.807, 2.05) is 0 Å². The molecule has 0 bridgehead atoms. The van der Waals surface area contributed by atoms with Crippen LogP contribution in [0.4, 0.5) is 23.7 Å². The highest BCUT2D eigenvalue weighted by Gasteiger charge is 2.35. The lowest BCUT2D eigenvalue weighted by Gasteiger charge is -2.34. The first kappa shape index (κ1) is 18.1. The average Bonchev–Trinajstić information content (AvgIpc) is 2.60. The third-order valence-corrected chi connectivity index (χ3v) is 4.17. The van der Waals surface area contributed by atoms with E-state index in [9.17, 15) is 23.1 Å². The zero-order chi connectivity index (χ0) is 18.8. The van der Waals surface area contributed by atoms with Crippen molar-refractivity contribution in [3.05, 3.63) is 59.7 Å². The van der Waals surface area contributed by atoms with Gasteiger partial charge in [-0.3, -0.25) is 0 Å². The molecule has 138 valence electrons. The number of fused-ring (bicyclic) bond motifs is 1. The summed E-state index contributed by atoms with van der Waals surface area (Å²) in [4.78, 5) is 12.0. The number of halogens is 3. The monoisotopic (exact) mass is 366 g/mol. The Kier molecular flexibility index (Phi) is 4.78. The first-order valence-corrected chi connectivity index (χ1v) is 7.95. The smallest absolute Gasteiger partial charge is 0.416 e. The molecule has 2 aromatic carbocycles. The summed E-state index contributed by atoms with van der Waals surface area (Å²) < 4.78 is 43.1. The lowest BCUT2D eigenvalue weighted by atomic mass is 9.88. The van der Waals surface area contributed by atoms with Crippen LogP contribution in [0, 0.1) is 0 Å². The molecular formula is C18H17F3N2O3. The van der Waals surface area contributed by atoms with Crippen LogP contribution in [-0.4, -0.2) is 24.3 Å². The van der Waals surface area contributed by atoms with E-state index in [0.717, 1.165) is 12.1 Å². The number of aliphatic hydroxyl groups is 1. The summed E-state index contributed by atoms with van der Waals surface area (Å²) in [6, 6.07) is 10.5. The van der Waals surface area contributed by atoms with E-state index in [-0.39, 0.29) is 12.2 Å². The average molecular weight is 366 g/mol. The molecular weight excluding hydrogens is 349 g/mol. The summed E-state index contributed by atoms with van der Waals surface area (Å²) in [6.07, 6.45) is -4.12. The molecule has 0 spiro atoms. The third-order valence-electron chi connectivity index (χ3n) is 4.17. The van der Waals surface area contributed by atoms with Gasteiger partial charge >= 0.3 is 12.2 Å². The molecule has 5 nitrogen and oxygen atoms in total. The predicted octanol–water partition coefficient (Wildman–Crippen LogP) is 3.50. The number of rotatable bonds is 3. The van der Waals surface area contributed by atoms with Gasteiger partial charge in [0.25, 0.3) is 0 Å². The van der Waals surface area contributed by atoms with E-state index in [0.29, 0.717) is 24.3 Å². The number of carbonyl (C=O) groups is 1. The van der Waals surface area contributed by atoms with Crippen molar-refractivity contribution in [2.45, 2.75) is 18.2 Å². The van der Waals surface area contributed by atoms with E-state index in [1.165, 1.54) is 12.1 Å². The number of anilines is 1. The van der Waals surface area contributed by atoms with Crippen molar-refractivity contribution in [1.82, 2.24) is 5.32 Å². The van der Waals surface area contributed by atoms with Gasteiger partial charge in [0.05, 0.1) is 18.7 Å². The SMILES string of the molecule is O=C(NCC1(O)CCOc2ccccc21)Nc1ccc(C(F)(F)F)cc1. The van der Waals surface area contributed by atoms with Crippen LogP contribution in [0.25, 0.3) is 0 Å². The van der Waals surface area contributed by atoms with Gasteiger partial charge in [0, 0.05) is 17.7 Å². The molecule has 3 N–H and O–H groups in total. The van der Waals surface area contributed by atoms with Crippen LogP contribution < -0.4 is 15.4 Å². The van der Waals surface area contributed by atoms with E-state index in [4.69, 9.17) is 4.74 Å². The number of alkyl halides is 3. The second kappa shape index (κ2) is 6.87. The molecule has 0 radical (unpaired) electrons. The predicted molar refractivity (Wildman–Crippen MR) is 88.9 cm³/mol. The molecule has 0 aliphatic carbocycles. The maximum Gasteiger partial charge on any atom is 0.416 e. The molecule has 0 fully saturated rings. The number of ether oxygens (including phenoxy) is 1. The topological polar surface area (TPSA) is 70.6 Å². The van der Waals surface area contributed by atoms with Gasteiger partial charge in [0.2, 0.25) is 0 Å². The molecule has 0 saturated carbocycles. The van der Waals surface area contributed by atoms with Gasteiger partial charge in [0.15, 0.2) is 0 Å². The first-order chi connectivity index (χ1) is 12.3. The molecule has 0 aromatic heterocycles. The molecule has 8 heteroatoms. The molecule has 1 aliphatic heterocycles. The quantitative estimate of drug-likeness (QED) is 0.779. The highest BCUT2D eigenvalue weighted by molar-refractivity contribution is 5.89. The summed E-state index contributed by atoms with van der Waals surface area (Å²) in [5.41, 5.74) is -1.26. The second-order valence-corrected chi connectivity index (χ2v) is 6.01. The third kappa shape index (κ3) is 3.91.